The predicted molar refractivity (Wildman–Crippen MR) is 116 cm³/mol. The Morgan fingerprint density at radius 3 is 2.91 bits per heavy atom. The van der Waals surface area contributed by atoms with Crippen molar-refractivity contribution < 1.29 is 13.6 Å². The molecule has 168 valence electrons. The zero-order valence-corrected chi connectivity index (χ0v) is 17.8. The number of anilines is 1. The van der Waals surface area contributed by atoms with E-state index in [0.29, 0.717) is 28.2 Å². The Bertz CT molecular complexity index is 1220. The van der Waals surface area contributed by atoms with Crippen molar-refractivity contribution >= 4 is 5.82 Å². The van der Waals surface area contributed by atoms with E-state index in [4.69, 9.17) is 4.11 Å². The molecule has 2 fully saturated rings. The molecule has 0 aliphatic carbocycles. The number of aromatic hydroxyl groups is 1. The van der Waals surface area contributed by atoms with E-state index < -0.39 is 18.7 Å². The number of aryl methyl sites for hydroxylation is 1. The molecule has 2 aliphatic heterocycles. The van der Waals surface area contributed by atoms with Crippen LogP contribution >= 0.6 is 0 Å². The number of alkyl halides is 1. The summed E-state index contributed by atoms with van der Waals surface area (Å²) in [7, 11) is 1.80. The molecule has 2 bridgehead atoms. The SMILES string of the molecule is [2H]C([2H])([2H])n1nnc(-c2ccc(-c3ncc(N(C)[C@@H]4C[C@@H]5CCC[C@](C)(N5)[C@@H]4F)nn3)c(O)c2)n1. The summed E-state index contributed by atoms with van der Waals surface area (Å²) in [4.78, 5) is 6.68. The fourth-order valence-electron chi connectivity index (χ4n) is 4.82. The molecule has 2 N–H and O–H groups in total. The molecule has 0 amide bonds. The largest absolute Gasteiger partial charge is 0.507 e. The minimum Gasteiger partial charge on any atom is -0.507 e. The van der Waals surface area contributed by atoms with E-state index in [1.54, 1.807) is 24.1 Å². The van der Waals surface area contributed by atoms with Crippen LogP contribution in [0.3, 0.4) is 0 Å². The molecule has 0 radical (unpaired) electrons. The number of aromatic nitrogens is 7. The molecule has 2 saturated heterocycles. The first-order chi connectivity index (χ1) is 16.5. The third-order valence-electron chi connectivity index (χ3n) is 6.57. The van der Waals surface area contributed by atoms with Crippen molar-refractivity contribution in [1.29, 1.82) is 0 Å². The number of nitrogens with one attached hydrogen (secondary N) is 1. The highest BCUT2D eigenvalue weighted by Crippen LogP contribution is 2.38. The molecule has 2 aromatic heterocycles. The monoisotopic (exact) mass is 442 g/mol. The van der Waals surface area contributed by atoms with Gasteiger partial charge < -0.3 is 15.3 Å². The lowest BCUT2D eigenvalue weighted by Gasteiger charge is -2.52. The minimum atomic E-state index is -2.55. The fourth-order valence-corrected chi connectivity index (χ4v) is 4.82. The Labute approximate surface area is 189 Å². The summed E-state index contributed by atoms with van der Waals surface area (Å²) in [5.41, 5.74) is 0.161. The predicted octanol–water partition coefficient (Wildman–Crippen LogP) is 1.88. The van der Waals surface area contributed by atoms with Crippen LogP contribution in [-0.4, -0.2) is 71.3 Å². The van der Waals surface area contributed by atoms with Crippen LogP contribution in [0.25, 0.3) is 22.8 Å². The van der Waals surface area contributed by atoms with Crippen molar-refractivity contribution in [2.45, 2.75) is 56.4 Å². The first-order valence-electron chi connectivity index (χ1n) is 12.0. The number of rotatable bonds is 4. The van der Waals surface area contributed by atoms with E-state index in [2.05, 4.69) is 35.9 Å². The first kappa shape index (κ1) is 17.4. The highest BCUT2D eigenvalue weighted by molar-refractivity contribution is 5.69. The van der Waals surface area contributed by atoms with E-state index in [1.165, 1.54) is 12.3 Å². The van der Waals surface area contributed by atoms with E-state index in [-0.39, 0.29) is 29.5 Å². The van der Waals surface area contributed by atoms with Gasteiger partial charge in [-0.2, -0.15) is 4.80 Å². The zero-order valence-electron chi connectivity index (χ0n) is 20.8. The van der Waals surface area contributed by atoms with Gasteiger partial charge in [-0.25, -0.2) is 9.37 Å². The molecule has 5 rings (SSSR count). The molecule has 0 spiro atoms. The average Bonchev–Trinajstić information content (AvgIpc) is 3.32. The molecule has 2 aliphatic rings. The molecular weight excluding hydrogens is 413 g/mol. The lowest BCUT2D eigenvalue weighted by Crippen LogP contribution is -2.68. The number of fused-ring (bicyclic) bond motifs is 2. The topological polar surface area (TPSA) is 118 Å². The van der Waals surface area contributed by atoms with Gasteiger partial charge in [0.25, 0.3) is 0 Å². The Morgan fingerprint density at radius 1 is 1.31 bits per heavy atom. The van der Waals surface area contributed by atoms with Gasteiger partial charge in [0.1, 0.15) is 11.9 Å². The summed E-state index contributed by atoms with van der Waals surface area (Å²) in [6.45, 7) is -0.600. The smallest absolute Gasteiger partial charge is 0.205 e. The molecule has 3 aromatic rings. The summed E-state index contributed by atoms with van der Waals surface area (Å²) < 4.78 is 37.4. The van der Waals surface area contributed by atoms with Crippen molar-refractivity contribution in [3.8, 4) is 28.5 Å². The number of phenolic OH excluding ortho intramolecular Hbond substituents is 1. The second-order valence-corrected chi connectivity index (χ2v) is 8.74. The van der Waals surface area contributed by atoms with E-state index in [0.717, 1.165) is 19.3 Å². The number of hydrogen-bond donors (Lipinski definition) is 2. The van der Waals surface area contributed by atoms with Crippen LogP contribution < -0.4 is 10.2 Å². The van der Waals surface area contributed by atoms with Crippen LogP contribution in [0.4, 0.5) is 10.2 Å². The fraction of sp³-hybridized carbons (Fsp3) is 0.524. The van der Waals surface area contributed by atoms with Gasteiger partial charge in [0.15, 0.2) is 11.6 Å². The summed E-state index contributed by atoms with van der Waals surface area (Å²) in [6.07, 6.45) is 4.00. The number of piperidine rings is 2. The molecule has 0 unspecified atom stereocenters. The number of halogens is 1. The van der Waals surface area contributed by atoms with Gasteiger partial charge in [0.2, 0.25) is 5.82 Å². The number of benzene rings is 1. The van der Waals surface area contributed by atoms with Crippen LogP contribution in [0.2, 0.25) is 0 Å². The number of nitrogens with zero attached hydrogens (tertiary/aromatic N) is 8. The minimum absolute atomic E-state index is 0.0557. The maximum atomic E-state index is 15.4. The van der Waals surface area contributed by atoms with Crippen LogP contribution in [-0.2, 0) is 6.98 Å². The highest BCUT2D eigenvalue weighted by Gasteiger charge is 2.49. The lowest BCUT2D eigenvalue weighted by atomic mass is 9.73. The highest BCUT2D eigenvalue weighted by atomic mass is 19.1. The van der Waals surface area contributed by atoms with Crippen LogP contribution in [0.1, 0.15) is 36.7 Å². The standard InChI is InChI=1S/C21H26FN9O/c1-21-8-4-5-13(24-21)10-15(18(21)22)30(2)17-11-23-20(26-25-17)14-7-6-12(9-16(14)32)19-27-29-31(3)28-19/h6-7,9,11,13,15,18,24,32H,4-5,8,10H2,1-3H3/t13-,15+,18+,21-/m0/s1/i3D3. The Hall–Kier alpha value is -3.21. The Kier molecular flexibility index (Phi) is 4.19. The molecular formula is C21H26FN9O. The zero-order chi connectivity index (χ0) is 25.0. The van der Waals surface area contributed by atoms with Crippen molar-refractivity contribution in [2.24, 2.45) is 6.98 Å². The number of tetrazole rings is 1. The van der Waals surface area contributed by atoms with E-state index >= 15 is 4.39 Å². The van der Waals surface area contributed by atoms with Gasteiger partial charge in [0, 0.05) is 28.3 Å². The van der Waals surface area contributed by atoms with Gasteiger partial charge in [-0.3, -0.25) is 0 Å². The quantitative estimate of drug-likeness (QED) is 0.624. The molecule has 4 atom stereocenters. The summed E-state index contributed by atoms with van der Waals surface area (Å²) in [5.74, 6) is 0.543. The number of hydrogen-bond acceptors (Lipinski definition) is 9. The molecule has 4 heterocycles. The molecule has 11 heteroatoms. The van der Waals surface area contributed by atoms with Gasteiger partial charge >= 0.3 is 0 Å². The van der Waals surface area contributed by atoms with Crippen LogP contribution in [0.15, 0.2) is 24.4 Å². The normalized spacial score (nSPS) is 29.1. The van der Waals surface area contributed by atoms with E-state index in [1.807, 2.05) is 6.92 Å². The van der Waals surface area contributed by atoms with Crippen molar-refractivity contribution in [3.63, 3.8) is 0 Å². The Balaban J connectivity index is 1.34. The van der Waals surface area contributed by atoms with Crippen LogP contribution in [0.5, 0.6) is 5.75 Å². The second-order valence-electron chi connectivity index (χ2n) is 8.74. The van der Waals surface area contributed by atoms with Gasteiger partial charge in [-0.05, 0) is 50.0 Å². The maximum absolute atomic E-state index is 15.4. The van der Waals surface area contributed by atoms with Crippen molar-refractivity contribution in [1.82, 2.24) is 40.7 Å². The molecule has 10 nitrogen and oxygen atoms in total. The molecule has 1 aromatic carbocycles. The summed E-state index contributed by atoms with van der Waals surface area (Å²) >= 11 is 0. The molecule has 32 heavy (non-hydrogen) atoms. The number of phenols is 1. The maximum Gasteiger partial charge on any atom is 0.205 e. The van der Waals surface area contributed by atoms with Crippen LogP contribution in [0, 0.1) is 0 Å². The molecule has 0 saturated carbocycles. The van der Waals surface area contributed by atoms with Gasteiger partial charge in [-0.1, -0.05) is 6.07 Å². The Morgan fingerprint density at radius 2 is 2.19 bits per heavy atom. The van der Waals surface area contributed by atoms with Gasteiger partial charge in [-0.15, -0.1) is 20.4 Å². The summed E-state index contributed by atoms with van der Waals surface area (Å²) in [5, 5.41) is 33.5. The first-order valence-corrected chi connectivity index (χ1v) is 10.5. The average molecular weight is 443 g/mol. The van der Waals surface area contributed by atoms with Crippen molar-refractivity contribution in [3.05, 3.63) is 24.4 Å². The second kappa shape index (κ2) is 7.73. The van der Waals surface area contributed by atoms with Crippen molar-refractivity contribution in [2.75, 3.05) is 11.9 Å². The third kappa shape index (κ3) is 3.56. The van der Waals surface area contributed by atoms with E-state index in [9.17, 15) is 5.11 Å². The lowest BCUT2D eigenvalue weighted by molar-refractivity contribution is 0.0405. The van der Waals surface area contributed by atoms with Gasteiger partial charge in [0.05, 0.1) is 24.8 Å². The third-order valence-corrected chi connectivity index (χ3v) is 6.57. The summed E-state index contributed by atoms with van der Waals surface area (Å²) in [6, 6.07) is 4.48.